The topological polar surface area (TPSA) is 17.1 Å². The molecule has 0 aromatic heterocycles. The summed E-state index contributed by atoms with van der Waals surface area (Å²) in [5, 5.41) is 0. The standard InChI is InChI=1S/C12H13BrO/c1-8(2)12(14)7-10-6-11(13)5-4-9(10)3/h4-6H,1,7H2,2-3H3. The van der Waals surface area contributed by atoms with Gasteiger partial charge in [0.2, 0.25) is 0 Å². The molecule has 1 rings (SSSR count). The highest BCUT2D eigenvalue weighted by atomic mass is 79.9. The Kier molecular flexibility index (Phi) is 3.64. The number of allylic oxidation sites excluding steroid dienone is 1. The predicted molar refractivity (Wildman–Crippen MR) is 62.4 cm³/mol. The maximum atomic E-state index is 11.5. The molecule has 1 aromatic carbocycles. The molecule has 0 spiro atoms. The lowest BCUT2D eigenvalue weighted by atomic mass is 10.0. The number of carbonyl (C=O) groups is 1. The van der Waals surface area contributed by atoms with Gasteiger partial charge in [0.25, 0.3) is 0 Å². The normalized spacial score (nSPS) is 9.93. The fraction of sp³-hybridized carbons (Fsp3) is 0.250. The van der Waals surface area contributed by atoms with Crippen molar-refractivity contribution in [3.8, 4) is 0 Å². The quantitative estimate of drug-likeness (QED) is 0.754. The number of benzene rings is 1. The Morgan fingerprint density at radius 3 is 2.71 bits per heavy atom. The second-order valence-electron chi connectivity index (χ2n) is 3.45. The van der Waals surface area contributed by atoms with E-state index in [-0.39, 0.29) is 5.78 Å². The van der Waals surface area contributed by atoms with Gasteiger partial charge in [-0.3, -0.25) is 4.79 Å². The van der Waals surface area contributed by atoms with Crippen molar-refractivity contribution in [3.63, 3.8) is 0 Å². The smallest absolute Gasteiger partial charge is 0.162 e. The summed E-state index contributed by atoms with van der Waals surface area (Å²) in [7, 11) is 0. The van der Waals surface area contributed by atoms with Gasteiger partial charge in [-0.1, -0.05) is 28.6 Å². The monoisotopic (exact) mass is 252 g/mol. The van der Waals surface area contributed by atoms with E-state index in [0.29, 0.717) is 12.0 Å². The van der Waals surface area contributed by atoms with Crippen molar-refractivity contribution < 1.29 is 4.79 Å². The molecule has 0 saturated carbocycles. The van der Waals surface area contributed by atoms with Gasteiger partial charge in [0.05, 0.1) is 0 Å². The highest BCUT2D eigenvalue weighted by molar-refractivity contribution is 9.10. The van der Waals surface area contributed by atoms with Crippen LogP contribution in [0, 0.1) is 6.92 Å². The minimum Gasteiger partial charge on any atom is -0.294 e. The van der Waals surface area contributed by atoms with E-state index in [4.69, 9.17) is 0 Å². The number of hydrogen-bond donors (Lipinski definition) is 0. The second-order valence-corrected chi connectivity index (χ2v) is 4.37. The Morgan fingerprint density at radius 1 is 1.50 bits per heavy atom. The van der Waals surface area contributed by atoms with Crippen LogP contribution in [0.2, 0.25) is 0 Å². The van der Waals surface area contributed by atoms with Gasteiger partial charge in [-0.05, 0) is 42.7 Å². The van der Waals surface area contributed by atoms with Crippen LogP contribution in [-0.2, 0) is 11.2 Å². The molecular formula is C12H13BrO. The second kappa shape index (κ2) is 4.56. The SMILES string of the molecule is C=C(C)C(=O)Cc1cc(Br)ccc1C. The van der Waals surface area contributed by atoms with Crippen LogP contribution in [-0.4, -0.2) is 5.78 Å². The predicted octanol–water partition coefficient (Wildman–Crippen LogP) is 3.45. The number of hydrogen-bond acceptors (Lipinski definition) is 1. The lowest BCUT2D eigenvalue weighted by molar-refractivity contribution is -0.114. The fourth-order valence-corrected chi connectivity index (χ4v) is 1.56. The molecule has 0 saturated heterocycles. The third kappa shape index (κ3) is 2.81. The van der Waals surface area contributed by atoms with Crippen LogP contribution in [0.15, 0.2) is 34.8 Å². The zero-order valence-electron chi connectivity index (χ0n) is 8.43. The maximum Gasteiger partial charge on any atom is 0.162 e. The van der Waals surface area contributed by atoms with Gasteiger partial charge in [0.15, 0.2) is 5.78 Å². The molecule has 0 radical (unpaired) electrons. The molecule has 0 aliphatic rings. The Hall–Kier alpha value is -0.890. The summed E-state index contributed by atoms with van der Waals surface area (Å²) in [6, 6.07) is 5.96. The van der Waals surface area contributed by atoms with Crippen LogP contribution in [0.5, 0.6) is 0 Å². The number of rotatable bonds is 3. The molecule has 0 fully saturated rings. The molecule has 0 unspecified atom stereocenters. The molecule has 0 heterocycles. The number of aryl methyl sites for hydroxylation is 1. The third-order valence-corrected chi connectivity index (χ3v) is 2.63. The van der Waals surface area contributed by atoms with Gasteiger partial charge < -0.3 is 0 Å². The number of carbonyl (C=O) groups excluding carboxylic acids is 1. The van der Waals surface area contributed by atoms with Gasteiger partial charge >= 0.3 is 0 Å². The Balaban J connectivity index is 2.91. The van der Waals surface area contributed by atoms with Gasteiger partial charge in [-0.2, -0.15) is 0 Å². The summed E-state index contributed by atoms with van der Waals surface area (Å²) < 4.78 is 1.01. The summed E-state index contributed by atoms with van der Waals surface area (Å²) in [4.78, 5) is 11.5. The number of Topliss-reactive ketones (excluding diaryl/α,β-unsaturated/α-hetero) is 1. The molecule has 0 aliphatic heterocycles. The van der Waals surface area contributed by atoms with Crippen molar-refractivity contribution in [3.05, 3.63) is 46.0 Å². The lowest BCUT2D eigenvalue weighted by Crippen LogP contribution is -2.04. The molecule has 0 atom stereocenters. The molecule has 0 bridgehead atoms. The minimum atomic E-state index is 0.103. The first kappa shape index (κ1) is 11.2. The molecule has 14 heavy (non-hydrogen) atoms. The van der Waals surface area contributed by atoms with Gasteiger partial charge in [-0.25, -0.2) is 0 Å². The number of ketones is 1. The number of halogens is 1. The van der Waals surface area contributed by atoms with E-state index in [1.54, 1.807) is 6.92 Å². The van der Waals surface area contributed by atoms with Gasteiger partial charge in [0.1, 0.15) is 0 Å². The average Bonchev–Trinajstić information content (AvgIpc) is 2.11. The van der Waals surface area contributed by atoms with Crippen LogP contribution in [0.4, 0.5) is 0 Å². The molecule has 0 aliphatic carbocycles. The highest BCUT2D eigenvalue weighted by Gasteiger charge is 2.06. The summed E-state index contributed by atoms with van der Waals surface area (Å²) in [5.41, 5.74) is 2.82. The van der Waals surface area contributed by atoms with E-state index >= 15 is 0 Å². The summed E-state index contributed by atoms with van der Waals surface area (Å²) in [5.74, 6) is 0.103. The van der Waals surface area contributed by atoms with Crippen LogP contribution < -0.4 is 0 Å². The van der Waals surface area contributed by atoms with E-state index < -0.39 is 0 Å². The van der Waals surface area contributed by atoms with Crippen molar-refractivity contribution in [2.75, 3.05) is 0 Å². The molecule has 2 heteroatoms. The summed E-state index contributed by atoms with van der Waals surface area (Å²) in [6.07, 6.45) is 0.445. The van der Waals surface area contributed by atoms with E-state index in [2.05, 4.69) is 22.5 Å². The molecule has 74 valence electrons. The van der Waals surface area contributed by atoms with E-state index in [9.17, 15) is 4.79 Å². The van der Waals surface area contributed by atoms with Crippen LogP contribution in [0.3, 0.4) is 0 Å². The van der Waals surface area contributed by atoms with E-state index in [0.717, 1.165) is 15.6 Å². The zero-order chi connectivity index (χ0) is 10.7. The average molecular weight is 253 g/mol. The first-order valence-corrected chi connectivity index (χ1v) is 5.23. The van der Waals surface area contributed by atoms with E-state index in [1.807, 2.05) is 25.1 Å². The summed E-state index contributed by atoms with van der Waals surface area (Å²) in [6.45, 7) is 7.40. The highest BCUT2D eigenvalue weighted by Crippen LogP contribution is 2.17. The molecular weight excluding hydrogens is 240 g/mol. The molecule has 0 N–H and O–H groups in total. The Morgan fingerprint density at radius 2 is 2.14 bits per heavy atom. The molecule has 1 nitrogen and oxygen atoms in total. The maximum absolute atomic E-state index is 11.5. The van der Waals surface area contributed by atoms with Gasteiger partial charge in [-0.15, -0.1) is 0 Å². The van der Waals surface area contributed by atoms with Gasteiger partial charge in [0, 0.05) is 10.9 Å². The molecule has 0 amide bonds. The van der Waals surface area contributed by atoms with Crippen molar-refractivity contribution in [2.24, 2.45) is 0 Å². The van der Waals surface area contributed by atoms with Crippen LogP contribution in [0.25, 0.3) is 0 Å². The van der Waals surface area contributed by atoms with Crippen molar-refractivity contribution in [1.29, 1.82) is 0 Å². The summed E-state index contributed by atoms with van der Waals surface area (Å²) >= 11 is 3.39. The Bertz CT molecular complexity index is 380. The zero-order valence-corrected chi connectivity index (χ0v) is 10.0. The fourth-order valence-electron chi connectivity index (χ4n) is 1.15. The first-order valence-electron chi connectivity index (χ1n) is 4.44. The van der Waals surface area contributed by atoms with Crippen LogP contribution >= 0.6 is 15.9 Å². The van der Waals surface area contributed by atoms with Crippen molar-refractivity contribution >= 4 is 21.7 Å². The van der Waals surface area contributed by atoms with Crippen molar-refractivity contribution in [1.82, 2.24) is 0 Å². The lowest BCUT2D eigenvalue weighted by Gasteiger charge is -2.05. The largest absolute Gasteiger partial charge is 0.294 e. The van der Waals surface area contributed by atoms with E-state index in [1.165, 1.54) is 0 Å². The Labute approximate surface area is 93.0 Å². The first-order chi connectivity index (χ1) is 6.50. The third-order valence-electron chi connectivity index (χ3n) is 2.14. The van der Waals surface area contributed by atoms with Crippen LogP contribution in [0.1, 0.15) is 18.1 Å². The van der Waals surface area contributed by atoms with Crippen molar-refractivity contribution in [2.45, 2.75) is 20.3 Å². The minimum absolute atomic E-state index is 0.103. The molecule has 1 aromatic rings.